The van der Waals surface area contributed by atoms with E-state index in [9.17, 15) is 0 Å². The molecule has 5 unspecified atom stereocenters. The quantitative estimate of drug-likeness (QED) is 0.426. The van der Waals surface area contributed by atoms with Gasteiger partial charge in [0.15, 0.2) is 0 Å². The van der Waals surface area contributed by atoms with Gasteiger partial charge in [-0.15, -0.1) is 19.7 Å². The number of rotatable bonds is 0. The molecule has 0 saturated heterocycles. The molecule has 0 radical (unpaired) electrons. The van der Waals surface area contributed by atoms with E-state index in [4.69, 9.17) is 0 Å². The van der Waals surface area contributed by atoms with Crippen LogP contribution in [0.4, 0.5) is 0 Å². The minimum Gasteiger partial charge on any atom is -0.106 e. The zero-order valence-corrected chi connectivity index (χ0v) is 15.5. The van der Waals surface area contributed by atoms with E-state index in [1.165, 1.54) is 5.92 Å². The van der Waals surface area contributed by atoms with E-state index in [0.717, 1.165) is 22.7 Å². The van der Waals surface area contributed by atoms with Crippen molar-refractivity contribution in [3.05, 3.63) is 25.8 Å². The first-order chi connectivity index (χ1) is 9.91. The summed E-state index contributed by atoms with van der Waals surface area (Å²) in [6, 6.07) is 0. The average Bonchev–Trinajstić information content (AvgIpc) is 2.94. The van der Waals surface area contributed by atoms with Gasteiger partial charge in [0.25, 0.3) is 0 Å². The molecule has 0 N–H and O–H groups in total. The second kappa shape index (κ2) is 6.31. The van der Waals surface area contributed by atoms with Crippen LogP contribution in [0.25, 0.3) is 0 Å². The molecular formula is C21H38. The van der Waals surface area contributed by atoms with Crippen LogP contribution in [0.2, 0.25) is 0 Å². The van der Waals surface area contributed by atoms with Gasteiger partial charge < -0.3 is 0 Å². The molecule has 0 amide bonds. The molecule has 4 saturated carbocycles. The van der Waals surface area contributed by atoms with Crippen molar-refractivity contribution in [2.45, 2.75) is 73.6 Å². The van der Waals surface area contributed by atoms with Crippen LogP contribution in [0, 0.1) is 34.0 Å². The van der Waals surface area contributed by atoms with Crippen molar-refractivity contribution in [2.75, 3.05) is 0 Å². The van der Waals surface area contributed by atoms with Crippen molar-refractivity contribution < 1.29 is 0 Å². The summed E-state index contributed by atoms with van der Waals surface area (Å²) in [6.07, 6.45) is 9.60. The highest BCUT2D eigenvalue weighted by Gasteiger charge is 2.79. The SMILES string of the molecule is C=C.C=CC.CC.CC1(C)CC2CC1C13CCC1(C)CC23. The Morgan fingerprint density at radius 1 is 1.00 bits per heavy atom. The minimum atomic E-state index is 0.684. The molecule has 0 heterocycles. The molecule has 0 aromatic carbocycles. The van der Waals surface area contributed by atoms with E-state index in [0.29, 0.717) is 5.41 Å². The third-order valence-electron chi connectivity index (χ3n) is 7.01. The maximum atomic E-state index is 3.36. The van der Waals surface area contributed by atoms with Gasteiger partial charge in [0.1, 0.15) is 0 Å². The minimum absolute atomic E-state index is 0.684. The maximum Gasteiger partial charge on any atom is -0.0179 e. The van der Waals surface area contributed by atoms with E-state index in [1.54, 1.807) is 38.2 Å². The molecule has 21 heavy (non-hydrogen) atoms. The summed E-state index contributed by atoms with van der Waals surface area (Å²) in [7, 11) is 0. The molecule has 4 aliphatic rings. The normalized spacial score (nSPS) is 45.5. The maximum absolute atomic E-state index is 3.36. The second-order valence-corrected chi connectivity index (χ2v) is 8.06. The first-order valence-electron chi connectivity index (χ1n) is 8.98. The standard InChI is InChI=1S/C14H22.C3H6.C2H6.C2H4/c1-12(2)7-9-6-11(12)14-5-4-13(14,3)8-10(9)14;1-3-2;2*1-2/h9-11H,4-8H2,1-3H3;3H,1H2,2H3;1-2H3;1-2H2. The summed E-state index contributed by atoms with van der Waals surface area (Å²) < 4.78 is 0. The summed E-state index contributed by atoms with van der Waals surface area (Å²) in [5, 5.41) is 0. The largest absolute Gasteiger partial charge is 0.106 e. The predicted molar refractivity (Wildman–Crippen MR) is 96.3 cm³/mol. The van der Waals surface area contributed by atoms with Gasteiger partial charge in [-0.1, -0.05) is 40.7 Å². The van der Waals surface area contributed by atoms with Gasteiger partial charge >= 0.3 is 0 Å². The summed E-state index contributed by atoms with van der Waals surface area (Å²) in [5.41, 5.74) is 2.34. The van der Waals surface area contributed by atoms with Crippen molar-refractivity contribution in [1.82, 2.24) is 0 Å². The second-order valence-electron chi connectivity index (χ2n) is 8.06. The molecule has 122 valence electrons. The van der Waals surface area contributed by atoms with Crippen LogP contribution in [0.5, 0.6) is 0 Å². The molecule has 4 aliphatic carbocycles. The first kappa shape index (κ1) is 18.5. The van der Waals surface area contributed by atoms with E-state index >= 15 is 0 Å². The smallest absolute Gasteiger partial charge is 0.0179 e. The molecule has 0 heteroatoms. The monoisotopic (exact) mass is 290 g/mol. The highest BCUT2D eigenvalue weighted by atomic mass is 14.8. The number of hydrogen-bond donors (Lipinski definition) is 0. The molecule has 1 spiro atoms. The van der Waals surface area contributed by atoms with Crippen LogP contribution in [-0.2, 0) is 0 Å². The molecule has 0 aromatic rings. The first-order valence-corrected chi connectivity index (χ1v) is 8.98. The van der Waals surface area contributed by atoms with Crippen molar-refractivity contribution in [3.8, 4) is 0 Å². The Balaban J connectivity index is 0.000000278. The summed E-state index contributed by atoms with van der Waals surface area (Å²) in [6.45, 7) is 22.9. The van der Waals surface area contributed by atoms with Crippen molar-refractivity contribution in [3.63, 3.8) is 0 Å². The van der Waals surface area contributed by atoms with Gasteiger partial charge in [-0.3, -0.25) is 0 Å². The fraction of sp³-hybridized carbons (Fsp3) is 0.810. The lowest BCUT2D eigenvalue weighted by atomic mass is 9.29. The number of fused-ring (bicyclic) bond motifs is 3. The lowest BCUT2D eigenvalue weighted by molar-refractivity contribution is -0.268. The Hall–Kier alpha value is -0.520. The van der Waals surface area contributed by atoms with E-state index < -0.39 is 0 Å². The van der Waals surface area contributed by atoms with Crippen molar-refractivity contribution in [1.29, 1.82) is 0 Å². The van der Waals surface area contributed by atoms with Crippen molar-refractivity contribution >= 4 is 0 Å². The van der Waals surface area contributed by atoms with E-state index in [-0.39, 0.29) is 0 Å². The highest BCUT2D eigenvalue weighted by molar-refractivity contribution is 5.28. The Bertz CT molecular complexity index is 366. The molecule has 0 aromatic heterocycles. The number of hydrogen-bond acceptors (Lipinski definition) is 0. The fourth-order valence-electron chi connectivity index (χ4n) is 6.48. The Morgan fingerprint density at radius 2 is 1.52 bits per heavy atom. The Kier molecular flexibility index (Phi) is 5.56. The zero-order chi connectivity index (χ0) is 16.5. The summed E-state index contributed by atoms with van der Waals surface area (Å²) >= 11 is 0. The average molecular weight is 291 g/mol. The van der Waals surface area contributed by atoms with Crippen LogP contribution in [-0.4, -0.2) is 0 Å². The predicted octanol–water partition coefficient (Wildman–Crippen LogP) is 6.88. The van der Waals surface area contributed by atoms with Crippen LogP contribution in [0.3, 0.4) is 0 Å². The molecule has 4 fully saturated rings. The van der Waals surface area contributed by atoms with Crippen LogP contribution < -0.4 is 0 Å². The molecular weight excluding hydrogens is 252 g/mol. The van der Waals surface area contributed by atoms with Gasteiger partial charge in [0.05, 0.1) is 0 Å². The van der Waals surface area contributed by atoms with E-state index in [1.807, 2.05) is 20.8 Å². The molecule has 0 aliphatic heterocycles. The van der Waals surface area contributed by atoms with Gasteiger partial charge in [0, 0.05) is 0 Å². The van der Waals surface area contributed by atoms with E-state index in [2.05, 4.69) is 40.5 Å². The highest BCUT2D eigenvalue weighted by Crippen LogP contribution is 2.86. The molecule has 0 nitrogen and oxygen atoms in total. The van der Waals surface area contributed by atoms with Gasteiger partial charge in [-0.05, 0) is 73.0 Å². The fourth-order valence-corrected chi connectivity index (χ4v) is 6.48. The summed E-state index contributed by atoms with van der Waals surface area (Å²) in [5.74, 6) is 3.39. The zero-order valence-electron chi connectivity index (χ0n) is 15.5. The third-order valence-corrected chi connectivity index (χ3v) is 7.01. The van der Waals surface area contributed by atoms with Crippen LogP contribution in [0.1, 0.15) is 73.6 Å². The lowest BCUT2D eigenvalue weighted by Crippen LogP contribution is -2.68. The van der Waals surface area contributed by atoms with Gasteiger partial charge in [-0.2, -0.15) is 0 Å². The molecule has 4 rings (SSSR count). The van der Waals surface area contributed by atoms with Gasteiger partial charge in [0.2, 0.25) is 0 Å². The topological polar surface area (TPSA) is 0 Å². The van der Waals surface area contributed by atoms with Crippen molar-refractivity contribution in [2.24, 2.45) is 34.0 Å². The Labute approximate surface area is 134 Å². The molecule has 5 atom stereocenters. The Morgan fingerprint density at radius 3 is 1.86 bits per heavy atom. The molecule has 2 bridgehead atoms. The van der Waals surface area contributed by atoms with Gasteiger partial charge in [-0.25, -0.2) is 0 Å². The third kappa shape index (κ3) is 2.25. The number of allylic oxidation sites excluding steroid dienone is 1. The summed E-state index contributed by atoms with van der Waals surface area (Å²) in [4.78, 5) is 0. The lowest BCUT2D eigenvalue weighted by Gasteiger charge is -2.75. The van der Waals surface area contributed by atoms with Crippen LogP contribution >= 0.6 is 0 Å². The van der Waals surface area contributed by atoms with Crippen LogP contribution in [0.15, 0.2) is 25.8 Å².